The smallest absolute Gasteiger partial charge is 0.132 e. The molecule has 0 saturated heterocycles. The molecule has 32 heavy (non-hydrogen) atoms. The first kappa shape index (κ1) is 24.9. The Kier molecular flexibility index (Phi) is 10.6. The van der Waals surface area contributed by atoms with Crippen LogP contribution in [0, 0.1) is 17.7 Å². The fourth-order valence-electron chi connectivity index (χ4n) is 5.16. The van der Waals surface area contributed by atoms with Crippen LogP contribution in [0.15, 0.2) is 30.3 Å². The molecule has 0 N–H and O–H groups in total. The van der Waals surface area contributed by atoms with Crippen molar-refractivity contribution >= 4 is 0 Å². The number of aryl methyl sites for hydroxylation is 2. The van der Waals surface area contributed by atoms with Gasteiger partial charge in [-0.2, -0.15) is 10.2 Å². The van der Waals surface area contributed by atoms with Crippen molar-refractivity contribution in [3.8, 4) is 11.3 Å². The molecule has 0 unspecified atom stereocenters. The van der Waals surface area contributed by atoms with Crippen molar-refractivity contribution in [2.24, 2.45) is 11.8 Å². The highest BCUT2D eigenvalue weighted by Crippen LogP contribution is 2.34. The van der Waals surface area contributed by atoms with E-state index < -0.39 is 0 Å². The first-order valence-corrected chi connectivity index (χ1v) is 13.3. The van der Waals surface area contributed by atoms with Crippen molar-refractivity contribution < 1.29 is 4.39 Å². The Balaban J connectivity index is 1.44. The summed E-state index contributed by atoms with van der Waals surface area (Å²) in [5.41, 5.74) is 3.30. The summed E-state index contributed by atoms with van der Waals surface area (Å²) in [6.07, 6.45) is 19.1. The standard InChI is InChI=1S/C29H43FN2/c1-3-5-7-9-11-25-17-20-27(28(30)22-25)29-21-19-26(31-32-29)18-16-24-14-12-23(13-15-24)10-8-6-4-2/h17,19-24H,3-16,18H2,1-2H3. The summed E-state index contributed by atoms with van der Waals surface area (Å²) in [4.78, 5) is 0. The molecule has 1 heterocycles. The summed E-state index contributed by atoms with van der Waals surface area (Å²) in [6, 6.07) is 9.56. The van der Waals surface area contributed by atoms with Crippen LogP contribution in [0.2, 0.25) is 0 Å². The molecule has 1 aliphatic carbocycles. The summed E-state index contributed by atoms with van der Waals surface area (Å²) in [5, 5.41) is 8.77. The number of halogens is 1. The molecule has 0 aliphatic heterocycles. The van der Waals surface area contributed by atoms with Crippen LogP contribution >= 0.6 is 0 Å². The molecule has 0 atom stereocenters. The van der Waals surface area contributed by atoms with E-state index in [2.05, 4.69) is 24.0 Å². The Morgan fingerprint density at radius 1 is 0.750 bits per heavy atom. The van der Waals surface area contributed by atoms with Gasteiger partial charge < -0.3 is 0 Å². The van der Waals surface area contributed by atoms with Crippen LogP contribution in [0.25, 0.3) is 11.3 Å². The van der Waals surface area contributed by atoms with Crippen LogP contribution in [-0.2, 0) is 12.8 Å². The Morgan fingerprint density at radius 2 is 1.47 bits per heavy atom. The van der Waals surface area contributed by atoms with E-state index >= 15 is 0 Å². The van der Waals surface area contributed by atoms with Gasteiger partial charge in [-0.25, -0.2) is 4.39 Å². The molecule has 1 aromatic carbocycles. The molecule has 2 nitrogen and oxygen atoms in total. The van der Waals surface area contributed by atoms with E-state index in [-0.39, 0.29) is 5.82 Å². The van der Waals surface area contributed by atoms with E-state index in [1.165, 1.54) is 77.0 Å². The largest absolute Gasteiger partial charge is 0.206 e. The van der Waals surface area contributed by atoms with Gasteiger partial charge in [0.25, 0.3) is 0 Å². The molecule has 1 aromatic heterocycles. The third-order valence-corrected chi connectivity index (χ3v) is 7.34. The lowest BCUT2D eigenvalue weighted by molar-refractivity contribution is 0.248. The average molecular weight is 439 g/mol. The van der Waals surface area contributed by atoms with Crippen molar-refractivity contribution in [3.05, 3.63) is 47.4 Å². The molecule has 0 bridgehead atoms. The summed E-state index contributed by atoms with van der Waals surface area (Å²) in [5.74, 6) is 1.62. The van der Waals surface area contributed by atoms with Gasteiger partial charge in [-0.1, -0.05) is 90.5 Å². The van der Waals surface area contributed by atoms with Crippen LogP contribution in [0.4, 0.5) is 4.39 Å². The maximum absolute atomic E-state index is 14.7. The SMILES string of the molecule is CCCCCCc1ccc(-c2ccc(CCC3CCC(CCCCC)CC3)nn2)c(F)c1. The number of aromatic nitrogens is 2. The molecular formula is C29H43FN2. The summed E-state index contributed by atoms with van der Waals surface area (Å²) in [7, 11) is 0. The summed E-state index contributed by atoms with van der Waals surface area (Å²) in [6.45, 7) is 4.50. The van der Waals surface area contributed by atoms with Gasteiger partial charge in [-0.3, -0.25) is 0 Å². The van der Waals surface area contributed by atoms with Gasteiger partial charge in [0.05, 0.1) is 11.4 Å². The zero-order valence-corrected chi connectivity index (χ0v) is 20.4. The van der Waals surface area contributed by atoms with Gasteiger partial charge in [-0.05, 0) is 67.3 Å². The zero-order valence-electron chi connectivity index (χ0n) is 20.4. The van der Waals surface area contributed by atoms with Crippen LogP contribution < -0.4 is 0 Å². The molecule has 1 fully saturated rings. The van der Waals surface area contributed by atoms with Gasteiger partial charge in [0.2, 0.25) is 0 Å². The van der Waals surface area contributed by atoms with Gasteiger partial charge in [0, 0.05) is 5.56 Å². The van der Waals surface area contributed by atoms with Crippen LogP contribution in [0.5, 0.6) is 0 Å². The second kappa shape index (κ2) is 13.7. The van der Waals surface area contributed by atoms with Gasteiger partial charge in [-0.15, -0.1) is 0 Å². The lowest BCUT2D eigenvalue weighted by Gasteiger charge is -2.28. The van der Waals surface area contributed by atoms with Crippen molar-refractivity contribution in [1.29, 1.82) is 0 Å². The Morgan fingerprint density at radius 3 is 2.12 bits per heavy atom. The number of hydrogen-bond donors (Lipinski definition) is 0. The molecular weight excluding hydrogens is 395 g/mol. The fraction of sp³-hybridized carbons (Fsp3) is 0.655. The molecule has 176 valence electrons. The second-order valence-corrected chi connectivity index (χ2v) is 9.96. The molecule has 0 radical (unpaired) electrons. The first-order valence-electron chi connectivity index (χ1n) is 13.3. The minimum absolute atomic E-state index is 0.185. The van der Waals surface area contributed by atoms with Crippen molar-refractivity contribution in [3.63, 3.8) is 0 Å². The number of unbranched alkanes of at least 4 members (excludes halogenated alkanes) is 5. The van der Waals surface area contributed by atoms with E-state index in [9.17, 15) is 4.39 Å². The number of benzene rings is 1. The van der Waals surface area contributed by atoms with E-state index in [1.807, 2.05) is 24.3 Å². The lowest BCUT2D eigenvalue weighted by atomic mass is 9.78. The molecule has 0 amide bonds. The third-order valence-electron chi connectivity index (χ3n) is 7.34. The molecule has 3 rings (SSSR count). The second-order valence-electron chi connectivity index (χ2n) is 9.96. The van der Waals surface area contributed by atoms with Gasteiger partial charge in [0.1, 0.15) is 5.82 Å². The minimum atomic E-state index is -0.185. The molecule has 1 saturated carbocycles. The Labute approximate surface area is 195 Å². The van der Waals surface area contributed by atoms with E-state index in [1.54, 1.807) is 6.07 Å². The van der Waals surface area contributed by atoms with Crippen LogP contribution in [0.1, 0.15) is 109 Å². The molecule has 0 spiro atoms. The molecule has 2 aromatic rings. The summed E-state index contributed by atoms with van der Waals surface area (Å²) >= 11 is 0. The van der Waals surface area contributed by atoms with E-state index in [0.717, 1.165) is 42.4 Å². The first-order chi connectivity index (χ1) is 15.7. The van der Waals surface area contributed by atoms with Gasteiger partial charge >= 0.3 is 0 Å². The van der Waals surface area contributed by atoms with Gasteiger partial charge in [0.15, 0.2) is 0 Å². The highest BCUT2D eigenvalue weighted by atomic mass is 19.1. The maximum atomic E-state index is 14.7. The highest BCUT2D eigenvalue weighted by Gasteiger charge is 2.21. The zero-order chi connectivity index (χ0) is 22.6. The van der Waals surface area contributed by atoms with Crippen molar-refractivity contribution in [1.82, 2.24) is 10.2 Å². The number of hydrogen-bond acceptors (Lipinski definition) is 2. The Hall–Kier alpha value is -1.77. The molecule has 1 aliphatic rings. The monoisotopic (exact) mass is 438 g/mol. The number of rotatable bonds is 13. The topological polar surface area (TPSA) is 25.8 Å². The normalized spacial score (nSPS) is 18.7. The lowest BCUT2D eigenvalue weighted by Crippen LogP contribution is -2.15. The summed E-state index contributed by atoms with van der Waals surface area (Å²) < 4.78 is 14.7. The average Bonchev–Trinajstić information content (AvgIpc) is 2.82. The van der Waals surface area contributed by atoms with E-state index in [0.29, 0.717) is 11.3 Å². The van der Waals surface area contributed by atoms with Crippen LogP contribution in [0.3, 0.4) is 0 Å². The Bertz CT molecular complexity index is 778. The maximum Gasteiger partial charge on any atom is 0.132 e. The number of nitrogens with zero attached hydrogens (tertiary/aromatic N) is 2. The molecule has 3 heteroatoms. The van der Waals surface area contributed by atoms with Crippen molar-refractivity contribution in [2.75, 3.05) is 0 Å². The predicted octanol–water partition coefficient (Wildman–Crippen LogP) is 8.72. The van der Waals surface area contributed by atoms with E-state index in [4.69, 9.17) is 0 Å². The fourth-order valence-corrected chi connectivity index (χ4v) is 5.16. The predicted molar refractivity (Wildman–Crippen MR) is 133 cm³/mol. The quantitative estimate of drug-likeness (QED) is 0.292. The third kappa shape index (κ3) is 7.98. The van der Waals surface area contributed by atoms with Crippen molar-refractivity contribution in [2.45, 2.75) is 110 Å². The minimum Gasteiger partial charge on any atom is -0.206 e. The highest BCUT2D eigenvalue weighted by molar-refractivity contribution is 5.59. The van der Waals surface area contributed by atoms with Crippen LogP contribution in [-0.4, -0.2) is 10.2 Å².